The van der Waals surface area contributed by atoms with Gasteiger partial charge in [0.1, 0.15) is 10.8 Å². The third-order valence-corrected chi connectivity index (χ3v) is 5.78. The highest BCUT2D eigenvalue weighted by Gasteiger charge is 2.38. The number of ether oxygens (including phenoxy) is 3. The number of fused-ring (bicyclic) bond motifs is 1. The molecule has 0 spiro atoms. The van der Waals surface area contributed by atoms with Crippen LogP contribution in [0, 0.1) is 0 Å². The number of amides is 1. The van der Waals surface area contributed by atoms with Gasteiger partial charge in [-0.25, -0.2) is 4.79 Å². The summed E-state index contributed by atoms with van der Waals surface area (Å²) in [6.45, 7) is -0.245. The second-order valence-electron chi connectivity index (χ2n) is 6.04. The van der Waals surface area contributed by atoms with Gasteiger partial charge in [0.05, 0.1) is 25.7 Å². The summed E-state index contributed by atoms with van der Waals surface area (Å²) in [6.07, 6.45) is 1.19. The van der Waals surface area contributed by atoms with Crippen molar-refractivity contribution in [1.29, 1.82) is 0 Å². The van der Waals surface area contributed by atoms with E-state index in [-0.39, 0.29) is 12.2 Å². The first-order valence-corrected chi connectivity index (χ1v) is 9.64. The molecule has 0 bridgehead atoms. The SMILES string of the molecule is COC(=O)c1c(NC(=O)COc2ccc(Cl)cc2)sc2c1[C@H](C(=O)OC)CC2. The molecule has 2 aromatic rings. The van der Waals surface area contributed by atoms with Gasteiger partial charge in [-0.15, -0.1) is 11.3 Å². The Kier molecular flexibility index (Phi) is 6.21. The minimum absolute atomic E-state index is 0.204. The maximum Gasteiger partial charge on any atom is 0.341 e. The summed E-state index contributed by atoms with van der Waals surface area (Å²) < 4.78 is 15.1. The number of hydrogen-bond acceptors (Lipinski definition) is 7. The second-order valence-corrected chi connectivity index (χ2v) is 7.58. The van der Waals surface area contributed by atoms with E-state index in [1.165, 1.54) is 25.6 Å². The minimum Gasteiger partial charge on any atom is -0.484 e. The molecule has 1 aromatic heterocycles. The Hall–Kier alpha value is -2.58. The fourth-order valence-corrected chi connectivity index (χ4v) is 4.48. The first-order valence-electron chi connectivity index (χ1n) is 8.44. The zero-order valence-corrected chi connectivity index (χ0v) is 16.8. The van der Waals surface area contributed by atoms with Crippen LogP contribution in [0.25, 0.3) is 0 Å². The number of benzene rings is 1. The maximum absolute atomic E-state index is 12.3. The highest BCUT2D eigenvalue weighted by Crippen LogP contribution is 2.45. The molecule has 0 fully saturated rings. The Balaban J connectivity index is 1.78. The molecule has 1 atom stereocenters. The van der Waals surface area contributed by atoms with Crippen LogP contribution in [0.2, 0.25) is 5.02 Å². The predicted molar refractivity (Wildman–Crippen MR) is 104 cm³/mol. The number of esters is 2. The van der Waals surface area contributed by atoms with Crippen molar-refractivity contribution in [2.24, 2.45) is 0 Å². The molecule has 1 heterocycles. The van der Waals surface area contributed by atoms with Crippen molar-refractivity contribution in [2.75, 3.05) is 26.1 Å². The van der Waals surface area contributed by atoms with E-state index in [2.05, 4.69) is 5.32 Å². The van der Waals surface area contributed by atoms with E-state index in [9.17, 15) is 14.4 Å². The summed E-state index contributed by atoms with van der Waals surface area (Å²) in [7, 11) is 2.56. The van der Waals surface area contributed by atoms with Crippen LogP contribution in [0.15, 0.2) is 24.3 Å². The summed E-state index contributed by atoms with van der Waals surface area (Å²) in [4.78, 5) is 37.6. The van der Waals surface area contributed by atoms with Gasteiger partial charge in [-0.1, -0.05) is 11.6 Å². The average Bonchev–Trinajstić information content (AvgIpc) is 3.25. The third kappa shape index (κ3) is 4.13. The van der Waals surface area contributed by atoms with Crippen molar-refractivity contribution in [3.8, 4) is 5.75 Å². The zero-order chi connectivity index (χ0) is 20.3. The monoisotopic (exact) mass is 423 g/mol. The van der Waals surface area contributed by atoms with Crippen LogP contribution in [0.3, 0.4) is 0 Å². The first kappa shape index (κ1) is 20.2. The number of methoxy groups -OCH3 is 2. The van der Waals surface area contributed by atoms with E-state index < -0.39 is 23.8 Å². The lowest BCUT2D eigenvalue weighted by Crippen LogP contribution is -2.22. The van der Waals surface area contributed by atoms with Crippen LogP contribution < -0.4 is 10.1 Å². The Morgan fingerprint density at radius 3 is 2.54 bits per heavy atom. The second kappa shape index (κ2) is 8.62. The number of carbonyl (C=O) groups is 3. The van der Waals surface area contributed by atoms with E-state index in [0.717, 1.165) is 4.88 Å². The van der Waals surface area contributed by atoms with Gasteiger partial charge in [-0.3, -0.25) is 9.59 Å². The van der Waals surface area contributed by atoms with Crippen LogP contribution >= 0.6 is 22.9 Å². The summed E-state index contributed by atoms with van der Waals surface area (Å²) in [5.41, 5.74) is 0.785. The summed E-state index contributed by atoms with van der Waals surface area (Å²) in [5, 5.41) is 3.60. The predicted octanol–water partition coefficient (Wildman–Crippen LogP) is 3.41. The molecule has 1 aliphatic rings. The average molecular weight is 424 g/mol. The molecule has 0 saturated heterocycles. The number of thiophene rings is 1. The van der Waals surface area contributed by atoms with Crippen molar-refractivity contribution in [3.63, 3.8) is 0 Å². The fourth-order valence-electron chi connectivity index (χ4n) is 3.08. The summed E-state index contributed by atoms with van der Waals surface area (Å²) >= 11 is 7.08. The van der Waals surface area contributed by atoms with E-state index in [0.29, 0.717) is 34.2 Å². The molecule has 1 aromatic carbocycles. The van der Waals surface area contributed by atoms with Crippen LogP contribution in [0.1, 0.15) is 33.1 Å². The van der Waals surface area contributed by atoms with E-state index in [1.54, 1.807) is 24.3 Å². The smallest absolute Gasteiger partial charge is 0.341 e. The van der Waals surface area contributed by atoms with Crippen LogP contribution in [-0.4, -0.2) is 38.7 Å². The normalized spacial score (nSPS) is 14.9. The lowest BCUT2D eigenvalue weighted by atomic mass is 9.99. The molecule has 3 rings (SSSR count). The maximum atomic E-state index is 12.3. The topological polar surface area (TPSA) is 90.9 Å². The minimum atomic E-state index is -0.609. The molecule has 1 N–H and O–H groups in total. The van der Waals surface area contributed by atoms with Crippen molar-refractivity contribution >= 4 is 45.8 Å². The molecule has 0 saturated carbocycles. The lowest BCUT2D eigenvalue weighted by Gasteiger charge is -2.12. The van der Waals surface area contributed by atoms with E-state index in [1.807, 2.05) is 0 Å². The van der Waals surface area contributed by atoms with Crippen molar-refractivity contribution in [2.45, 2.75) is 18.8 Å². The molecule has 9 heteroatoms. The largest absolute Gasteiger partial charge is 0.484 e. The molecular weight excluding hydrogens is 406 g/mol. The van der Waals surface area contributed by atoms with E-state index in [4.69, 9.17) is 25.8 Å². The van der Waals surface area contributed by atoms with Gasteiger partial charge in [0, 0.05) is 9.90 Å². The number of carbonyl (C=O) groups excluding carboxylic acids is 3. The number of halogens is 1. The standard InChI is InChI=1S/C19H18ClNO6S/c1-25-18(23)12-7-8-13-15(12)16(19(24)26-2)17(28-13)21-14(22)9-27-11-5-3-10(20)4-6-11/h3-6,12H,7-9H2,1-2H3,(H,21,22)/t12-/m1/s1. The molecule has 0 radical (unpaired) electrons. The molecule has 0 unspecified atom stereocenters. The van der Waals surface area contributed by atoms with Gasteiger partial charge in [0.25, 0.3) is 5.91 Å². The number of anilines is 1. The molecular formula is C19H18ClNO6S. The Morgan fingerprint density at radius 2 is 1.89 bits per heavy atom. The molecule has 148 valence electrons. The number of aryl methyl sites for hydroxylation is 1. The molecule has 0 aliphatic heterocycles. The van der Waals surface area contributed by atoms with E-state index >= 15 is 0 Å². The molecule has 28 heavy (non-hydrogen) atoms. The fraction of sp³-hybridized carbons (Fsp3) is 0.316. The lowest BCUT2D eigenvalue weighted by molar-refractivity contribution is -0.142. The highest BCUT2D eigenvalue weighted by atomic mass is 35.5. The Bertz CT molecular complexity index is 908. The van der Waals surface area contributed by atoms with Gasteiger partial charge >= 0.3 is 11.9 Å². The van der Waals surface area contributed by atoms with Crippen molar-refractivity contribution in [1.82, 2.24) is 0 Å². The number of hydrogen-bond donors (Lipinski definition) is 1. The van der Waals surface area contributed by atoms with Crippen LogP contribution in [0.5, 0.6) is 5.75 Å². The van der Waals surface area contributed by atoms with Crippen molar-refractivity contribution in [3.05, 3.63) is 45.3 Å². The van der Waals surface area contributed by atoms with Gasteiger partial charge < -0.3 is 19.5 Å². The third-order valence-electron chi connectivity index (χ3n) is 4.34. The number of rotatable bonds is 6. The van der Waals surface area contributed by atoms with Gasteiger partial charge in [-0.05, 0) is 42.7 Å². The first-order chi connectivity index (χ1) is 13.4. The molecule has 1 amide bonds. The van der Waals surface area contributed by atoms with Crippen LogP contribution in [-0.2, 0) is 25.5 Å². The summed E-state index contributed by atoms with van der Waals surface area (Å²) in [5.74, 6) is -1.50. The van der Waals surface area contributed by atoms with Gasteiger partial charge in [0.2, 0.25) is 0 Å². The number of nitrogens with one attached hydrogen (secondary N) is 1. The molecule has 1 aliphatic carbocycles. The molecule has 7 nitrogen and oxygen atoms in total. The quantitative estimate of drug-likeness (QED) is 0.716. The van der Waals surface area contributed by atoms with Gasteiger partial charge in [0.15, 0.2) is 6.61 Å². The summed E-state index contributed by atoms with van der Waals surface area (Å²) in [6, 6.07) is 6.61. The highest BCUT2D eigenvalue weighted by molar-refractivity contribution is 7.17. The van der Waals surface area contributed by atoms with Crippen LogP contribution in [0.4, 0.5) is 5.00 Å². The van der Waals surface area contributed by atoms with Gasteiger partial charge in [-0.2, -0.15) is 0 Å². The Morgan fingerprint density at radius 1 is 1.18 bits per heavy atom. The van der Waals surface area contributed by atoms with Crippen molar-refractivity contribution < 1.29 is 28.6 Å². The zero-order valence-electron chi connectivity index (χ0n) is 15.2. The Labute approximate surface area is 170 Å².